The SMILES string of the molecule is CC(C)(C)OC(=O)NC1C2CCOC2C1NCC1CCCC1. The van der Waals surface area contributed by atoms with Crippen molar-refractivity contribution in [3.63, 3.8) is 0 Å². The summed E-state index contributed by atoms with van der Waals surface area (Å²) in [7, 11) is 0. The van der Waals surface area contributed by atoms with Crippen molar-refractivity contribution in [2.45, 2.75) is 76.7 Å². The molecule has 2 N–H and O–H groups in total. The van der Waals surface area contributed by atoms with Crippen LogP contribution in [0.5, 0.6) is 0 Å². The van der Waals surface area contributed by atoms with E-state index in [0.29, 0.717) is 5.92 Å². The van der Waals surface area contributed by atoms with Crippen LogP contribution in [0, 0.1) is 11.8 Å². The summed E-state index contributed by atoms with van der Waals surface area (Å²) in [4.78, 5) is 12.1. The van der Waals surface area contributed by atoms with Crippen LogP contribution < -0.4 is 10.6 Å². The zero-order chi connectivity index (χ0) is 15.7. The van der Waals surface area contributed by atoms with Crippen LogP contribution in [0.4, 0.5) is 4.79 Å². The fraction of sp³-hybridized carbons (Fsp3) is 0.941. The van der Waals surface area contributed by atoms with E-state index in [-0.39, 0.29) is 24.3 Å². The lowest BCUT2D eigenvalue weighted by atomic mass is 9.71. The molecule has 0 radical (unpaired) electrons. The van der Waals surface area contributed by atoms with Gasteiger partial charge in [0.2, 0.25) is 0 Å². The molecule has 5 heteroatoms. The molecule has 0 spiro atoms. The van der Waals surface area contributed by atoms with Crippen molar-refractivity contribution < 1.29 is 14.3 Å². The molecule has 3 aliphatic rings. The Labute approximate surface area is 133 Å². The van der Waals surface area contributed by atoms with Crippen LogP contribution in [-0.4, -0.2) is 43.0 Å². The smallest absolute Gasteiger partial charge is 0.407 e. The highest BCUT2D eigenvalue weighted by molar-refractivity contribution is 5.68. The van der Waals surface area contributed by atoms with Gasteiger partial charge in [0.05, 0.1) is 18.2 Å². The van der Waals surface area contributed by atoms with Gasteiger partial charge in [-0.05, 0) is 52.5 Å². The van der Waals surface area contributed by atoms with Gasteiger partial charge in [-0.3, -0.25) is 0 Å². The van der Waals surface area contributed by atoms with Crippen molar-refractivity contribution in [2.75, 3.05) is 13.2 Å². The van der Waals surface area contributed by atoms with Gasteiger partial charge in [0, 0.05) is 12.5 Å². The van der Waals surface area contributed by atoms with Crippen LogP contribution in [0.15, 0.2) is 0 Å². The van der Waals surface area contributed by atoms with E-state index < -0.39 is 5.60 Å². The van der Waals surface area contributed by atoms with Gasteiger partial charge in [-0.1, -0.05) is 12.8 Å². The van der Waals surface area contributed by atoms with E-state index in [1.165, 1.54) is 25.7 Å². The number of carbonyl (C=O) groups excluding carboxylic acids is 1. The van der Waals surface area contributed by atoms with Crippen molar-refractivity contribution in [1.29, 1.82) is 0 Å². The van der Waals surface area contributed by atoms with E-state index in [1.54, 1.807) is 0 Å². The number of carbonyl (C=O) groups is 1. The topological polar surface area (TPSA) is 59.6 Å². The van der Waals surface area contributed by atoms with E-state index in [4.69, 9.17) is 9.47 Å². The third-order valence-corrected chi connectivity index (χ3v) is 5.19. The minimum atomic E-state index is -0.452. The lowest BCUT2D eigenvalue weighted by molar-refractivity contribution is -0.0347. The second-order valence-electron chi connectivity index (χ2n) is 8.04. The lowest BCUT2D eigenvalue weighted by Crippen LogP contribution is -2.70. The Morgan fingerprint density at radius 2 is 1.91 bits per heavy atom. The molecule has 5 nitrogen and oxygen atoms in total. The molecule has 3 rings (SSSR count). The van der Waals surface area contributed by atoms with Crippen LogP contribution in [0.3, 0.4) is 0 Å². The van der Waals surface area contributed by atoms with Gasteiger partial charge in [0.15, 0.2) is 0 Å². The van der Waals surface area contributed by atoms with Gasteiger partial charge >= 0.3 is 6.09 Å². The molecule has 0 bridgehead atoms. The van der Waals surface area contributed by atoms with Crippen LogP contribution in [-0.2, 0) is 9.47 Å². The van der Waals surface area contributed by atoms with Crippen LogP contribution in [0.1, 0.15) is 52.9 Å². The Kier molecular flexibility index (Phi) is 4.64. The van der Waals surface area contributed by atoms with Crippen molar-refractivity contribution in [3.8, 4) is 0 Å². The van der Waals surface area contributed by atoms with Crippen molar-refractivity contribution >= 4 is 6.09 Å². The Morgan fingerprint density at radius 3 is 2.59 bits per heavy atom. The number of ether oxygens (including phenoxy) is 2. The molecular formula is C17H30N2O3. The van der Waals surface area contributed by atoms with Gasteiger partial charge in [0.25, 0.3) is 0 Å². The van der Waals surface area contributed by atoms with E-state index in [0.717, 1.165) is 25.5 Å². The molecule has 1 heterocycles. The van der Waals surface area contributed by atoms with Crippen LogP contribution in [0.25, 0.3) is 0 Å². The standard InChI is InChI=1S/C17H30N2O3/c1-17(2,3)22-16(20)19-13-12-8-9-21-15(12)14(13)18-10-11-6-4-5-7-11/h11-15,18H,4-10H2,1-3H3,(H,19,20). The fourth-order valence-electron chi connectivity index (χ4n) is 4.11. The molecule has 4 atom stereocenters. The van der Waals surface area contributed by atoms with E-state index >= 15 is 0 Å². The third kappa shape index (κ3) is 3.57. The zero-order valence-electron chi connectivity index (χ0n) is 14.1. The molecule has 1 saturated heterocycles. The largest absolute Gasteiger partial charge is 0.444 e. The molecule has 22 heavy (non-hydrogen) atoms. The van der Waals surface area contributed by atoms with E-state index in [2.05, 4.69) is 10.6 Å². The second kappa shape index (κ2) is 6.36. The van der Waals surface area contributed by atoms with Gasteiger partial charge in [0.1, 0.15) is 5.60 Å². The van der Waals surface area contributed by atoms with E-state index in [9.17, 15) is 4.79 Å². The molecule has 2 saturated carbocycles. The molecule has 126 valence electrons. The highest BCUT2D eigenvalue weighted by Gasteiger charge is 2.54. The van der Waals surface area contributed by atoms with Crippen LogP contribution >= 0.6 is 0 Å². The second-order valence-corrected chi connectivity index (χ2v) is 8.04. The Morgan fingerprint density at radius 1 is 1.18 bits per heavy atom. The maximum Gasteiger partial charge on any atom is 0.407 e. The first-order chi connectivity index (χ1) is 10.4. The zero-order valence-corrected chi connectivity index (χ0v) is 14.1. The summed E-state index contributed by atoms with van der Waals surface area (Å²) < 4.78 is 11.2. The van der Waals surface area contributed by atoms with Crippen molar-refractivity contribution in [1.82, 2.24) is 10.6 Å². The molecule has 4 unspecified atom stereocenters. The molecule has 1 aliphatic heterocycles. The normalized spacial score (nSPS) is 35.0. The van der Waals surface area contributed by atoms with Crippen molar-refractivity contribution in [3.05, 3.63) is 0 Å². The minimum Gasteiger partial charge on any atom is -0.444 e. The Bertz CT molecular complexity index is 401. The molecule has 2 aliphatic carbocycles. The van der Waals surface area contributed by atoms with E-state index in [1.807, 2.05) is 20.8 Å². The number of nitrogens with one attached hydrogen (secondary N) is 2. The number of alkyl carbamates (subject to hydrolysis) is 1. The summed E-state index contributed by atoms with van der Waals surface area (Å²) in [6, 6.07) is 0.379. The third-order valence-electron chi connectivity index (χ3n) is 5.19. The minimum absolute atomic E-state index is 0.142. The molecule has 3 fully saturated rings. The van der Waals surface area contributed by atoms with Gasteiger partial charge in [-0.25, -0.2) is 4.79 Å². The summed E-state index contributed by atoms with van der Waals surface area (Å²) in [5.74, 6) is 1.23. The summed E-state index contributed by atoms with van der Waals surface area (Å²) in [5.41, 5.74) is -0.452. The molecular weight excluding hydrogens is 280 g/mol. The predicted molar refractivity (Wildman–Crippen MR) is 84.8 cm³/mol. The van der Waals surface area contributed by atoms with Gasteiger partial charge in [-0.15, -0.1) is 0 Å². The summed E-state index contributed by atoms with van der Waals surface area (Å²) in [6.45, 7) is 7.53. The van der Waals surface area contributed by atoms with Gasteiger partial charge in [-0.2, -0.15) is 0 Å². The van der Waals surface area contributed by atoms with Crippen LogP contribution in [0.2, 0.25) is 0 Å². The van der Waals surface area contributed by atoms with Crippen molar-refractivity contribution in [2.24, 2.45) is 11.8 Å². The fourth-order valence-corrected chi connectivity index (χ4v) is 4.11. The molecule has 0 aromatic rings. The predicted octanol–water partition coefficient (Wildman–Crippen LogP) is 2.45. The number of rotatable bonds is 4. The number of amides is 1. The quantitative estimate of drug-likeness (QED) is 0.837. The molecule has 0 aromatic carbocycles. The first kappa shape index (κ1) is 16.1. The summed E-state index contributed by atoms with van der Waals surface area (Å²) >= 11 is 0. The maximum atomic E-state index is 12.1. The average Bonchev–Trinajstić information content (AvgIpc) is 3.04. The maximum absolute atomic E-state index is 12.1. The lowest BCUT2D eigenvalue weighted by Gasteiger charge is -2.48. The number of fused-ring (bicyclic) bond motifs is 1. The summed E-state index contributed by atoms with van der Waals surface area (Å²) in [6.07, 6.45) is 6.37. The summed E-state index contributed by atoms with van der Waals surface area (Å²) in [5, 5.41) is 6.72. The molecule has 0 aromatic heterocycles. The first-order valence-corrected chi connectivity index (χ1v) is 8.78. The van der Waals surface area contributed by atoms with Gasteiger partial charge < -0.3 is 20.1 Å². The highest BCUT2D eigenvalue weighted by atomic mass is 16.6. The average molecular weight is 310 g/mol. The monoisotopic (exact) mass is 310 g/mol. The number of hydrogen-bond donors (Lipinski definition) is 2. The molecule has 1 amide bonds. The Balaban J connectivity index is 1.52. The first-order valence-electron chi connectivity index (χ1n) is 8.78. The Hall–Kier alpha value is -0.810. The highest BCUT2D eigenvalue weighted by Crippen LogP contribution is 2.39. The number of hydrogen-bond acceptors (Lipinski definition) is 4.